The number of hydrogen-bond acceptors (Lipinski definition) is 5. The molecule has 1 aromatic heterocycles. The summed E-state index contributed by atoms with van der Waals surface area (Å²) in [6, 6.07) is 22.1. The lowest BCUT2D eigenvalue weighted by atomic mass is 9.74. The number of carbonyl (C=O) groups excluding carboxylic acids is 2. The van der Waals surface area contributed by atoms with E-state index in [9.17, 15) is 9.59 Å². The highest BCUT2D eigenvalue weighted by atomic mass is 16.3. The van der Waals surface area contributed by atoms with Crippen LogP contribution in [0, 0.1) is 18.3 Å². The van der Waals surface area contributed by atoms with Crippen LogP contribution in [0.5, 0.6) is 0 Å². The first-order valence-electron chi connectivity index (χ1n) is 14.5. The molecule has 3 aliphatic rings. The molecule has 1 unspecified atom stereocenters. The minimum absolute atomic E-state index is 0.0916. The first kappa shape index (κ1) is 26.4. The van der Waals surface area contributed by atoms with Crippen molar-refractivity contribution >= 4 is 23.1 Å². The standard InChI is InChI=1S/C34H39N3O3/c1-23-13-14-30(40-23)33-32-27(20-34(2,3)21-29(32)38)35-26-11-7-8-12-28(26)37(33)22-31(39)36-17-15-25(16-18-36)19-24-9-5-4-6-10-24/h4-14,25,33,35H,15-22H2,1-3H3. The van der Waals surface area contributed by atoms with Crippen molar-refractivity contribution in [2.45, 2.75) is 58.9 Å². The Labute approximate surface area is 237 Å². The van der Waals surface area contributed by atoms with Crippen LogP contribution in [0.2, 0.25) is 0 Å². The van der Waals surface area contributed by atoms with Crippen molar-refractivity contribution in [3.05, 3.63) is 95.1 Å². The minimum Gasteiger partial charge on any atom is -0.464 e. The van der Waals surface area contributed by atoms with Crippen molar-refractivity contribution in [2.24, 2.45) is 11.3 Å². The molecular formula is C34H39N3O3. The van der Waals surface area contributed by atoms with Gasteiger partial charge in [0.15, 0.2) is 5.78 Å². The number of carbonyl (C=O) groups is 2. The molecule has 6 heteroatoms. The van der Waals surface area contributed by atoms with E-state index in [1.165, 1.54) is 5.56 Å². The normalized spacial score (nSPS) is 21.0. The fourth-order valence-corrected chi connectivity index (χ4v) is 6.70. The first-order chi connectivity index (χ1) is 19.3. The molecule has 0 saturated carbocycles. The number of allylic oxidation sites excluding steroid dienone is 1. The van der Waals surface area contributed by atoms with Gasteiger partial charge in [-0.2, -0.15) is 0 Å². The van der Waals surface area contributed by atoms with E-state index in [1.807, 2.05) is 48.2 Å². The molecule has 208 valence electrons. The fraction of sp³-hybridized carbons (Fsp3) is 0.412. The number of furan rings is 1. The highest BCUT2D eigenvalue weighted by Gasteiger charge is 2.43. The van der Waals surface area contributed by atoms with Gasteiger partial charge in [0.1, 0.15) is 17.6 Å². The molecule has 1 amide bonds. The van der Waals surface area contributed by atoms with Gasteiger partial charge in [0, 0.05) is 30.8 Å². The highest BCUT2D eigenvalue weighted by molar-refractivity contribution is 6.01. The van der Waals surface area contributed by atoms with Crippen LogP contribution in [0.15, 0.2) is 82.4 Å². The maximum Gasteiger partial charge on any atom is 0.242 e. The summed E-state index contributed by atoms with van der Waals surface area (Å²) in [5.74, 6) is 2.28. The smallest absolute Gasteiger partial charge is 0.242 e. The Morgan fingerprint density at radius 3 is 2.42 bits per heavy atom. The van der Waals surface area contributed by atoms with Crippen molar-refractivity contribution in [1.29, 1.82) is 0 Å². The van der Waals surface area contributed by atoms with Gasteiger partial charge in [-0.3, -0.25) is 9.59 Å². The van der Waals surface area contributed by atoms with Crippen molar-refractivity contribution < 1.29 is 14.0 Å². The second-order valence-corrected chi connectivity index (χ2v) is 12.5. The second kappa shape index (κ2) is 10.6. The van der Waals surface area contributed by atoms with Crippen LogP contribution < -0.4 is 10.2 Å². The molecule has 6 rings (SSSR count). The third kappa shape index (κ3) is 5.32. The van der Waals surface area contributed by atoms with Gasteiger partial charge in [0.05, 0.1) is 17.9 Å². The summed E-state index contributed by atoms with van der Waals surface area (Å²) in [5, 5.41) is 3.62. The number of benzene rings is 2. The maximum absolute atomic E-state index is 13.9. The van der Waals surface area contributed by atoms with Crippen molar-refractivity contribution in [3.8, 4) is 0 Å². The Hall–Kier alpha value is -3.80. The van der Waals surface area contributed by atoms with Gasteiger partial charge in [-0.15, -0.1) is 0 Å². The third-order valence-corrected chi connectivity index (χ3v) is 8.67. The predicted octanol–water partition coefficient (Wildman–Crippen LogP) is 6.69. The number of piperidine rings is 1. The van der Waals surface area contributed by atoms with Crippen LogP contribution in [0.3, 0.4) is 0 Å². The van der Waals surface area contributed by atoms with E-state index in [-0.39, 0.29) is 23.7 Å². The first-order valence-corrected chi connectivity index (χ1v) is 14.5. The number of amides is 1. The van der Waals surface area contributed by atoms with Gasteiger partial charge >= 0.3 is 0 Å². The molecule has 1 fully saturated rings. The van der Waals surface area contributed by atoms with E-state index in [2.05, 4.69) is 54.4 Å². The summed E-state index contributed by atoms with van der Waals surface area (Å²) in [5.41, 5.74) is 4.71. The average molecular weight is 538 g/mol. The largest absolute Gasteiger partial charge is 0.464 e. The maximum atomic E-state index is 13.9. The van der Waals surface area contributed by atoms with Crippen LogP contribution in [-0.4, -0.2) is 36.2 Å². The summed E-state index contributed by atoms with van der Waals surface area (Å²) in [6.45, 7) is 7.90. The molecule has 6 nitrogen and oxygen atoms in total. The van der Waals surface area contributed by atoms with E-state index in [1.54, 1.807) is 0 Å². The van der Waals surface area contributed by atoms with Gasteiger partial charge in [0.25, 0.3) is 0 Å². The number of aryl methyl sites for hydroxylation is 1. The number of likely N-dealkylation sites (tertiary alicyclic amines) is 1. The Morgan fingerprint density at radius 2 is 1.70 bits per heavy atom. The lowest BCUT2D eigenvalue weighted by molar-refractivity contribution is -0.131. The van der Waals surface area contributed by atoms with Gasteiger partial charge in [-0.1, -0.05) is 56.3 Å². The Balaban J connectivity index is 1.30. The number of nitrogens with zero attached hydrogens (tertiary/aromatic N) is 2. The zero-order chi connectivity index (χ0) is 27.9. The van der Waals surface area contributed by atoms with Gasteiger partial charge in [-0.25, -0.2) is 0 Å². The number of nitrogens with one attached hydrogen (secondary N) is 1. The summed E-state index contributed by atoms with van der Waals surface area (Å²) in [7, 11) is 0. The molecule has 0 radical (unpaired) electrons. The molecule has 0 bridgehead atoms. The Morgan fingerprint density at radius 1 is 0.975 bits per heavy atom. The van der Waals surface area contributed by atoms with E-state index < -0.39 is 6.04 Å². The van der Waals surface area contributed by atoms with Crippen LogP contribution in [0.4, 0.5) is 11.4 Å². The number of hydrogen-bond donors (Lipinski definition) is 1. The van der Waals surface area contributed by atoms with Gasteiger partial charge in [-0.05, 0) is 73.8 Å². The minimum atomic E-state index is -0.469. The zero-order valence-corrected chi connectivity index (χ0v) is 23.8. The third-order valence-electron chi connectivity index (χ3n) is 8.67. The predicted molar refractivity (Wildman–Crippen MR) is 158 cm³/mol. The van der Waals surface area contributed by atoms with Gasteiger partial charge in [0.2, 0.25) is 5.91 Å². The molecule has 1 N–H and O–H groups in total. The van der Waals surface area contributed by atoms with Crippen molar-refractivity contribution in [1.82, 2.24) is 4.90 Å². The van der Waals surface area contributed by atoms with E-state index in [0.717, 1.165) is 67.2 Å². The van der Waals surface area contributed by atoms with E-state index in [0.29, 0.717) is 18.1 Å². The lowest BCUT2D eigenvalue weighted by Crippen LogP contribution is -2.46. The molecule has 1 saturated heterocycles. The number of rotatable bonds is 5. The SMILES string of the molecule is Cc1ccc(C2C3=C(CC(C)(C)CC3=O)Nc3ccccc3N2CC(=O)N2CCC(Cc3ccccc3)CC2)o1. The topological polar surface area (TPSA) is 65.8 Å². The van der Waals surface area contributed by atoms with Crippen molar-refractivity contribution in [3.63, 3.8) is 0 Å². The molecule has 2 aromatic carbocycles. The van der Waals surface area contributed by atoms with Gasteiger partial charge < -0.3 is 19.5 Å². The molecule has 0 spiro atoms. The van der Waals surface area contributed by atoms with Crippen LogP contribution in [-0.2, 0) is 16.0 Å². The molecule has 40 heavy (non-hydrogen) atoms. The fourth-order valence-electron chi connectivity index (χ4n) is 6.70. The number of anilines is 2. The summed E-state index contributed by atoms with van der Waals surface area (Å²) < 4.78 is 6.19. The molecule has 3 aromatic rings. The number of fused-ring (bicyclic) bond motifs is 1. The molecule has 1 aliphatic carbocycles. The summed E-state index contributed by atoms with van der Waals surface area (Å²) in [6.07, 6.45) is 4.29. The van der Waals surface area contributed by atoms with Crippen LogP contribution >= 0.6 is 0 Å². The van der Waals surface area contributed by atoms with Crippen molar-refractivity contribution in [2.75, 3.05) is 29.9 Å². The average Bonchev–Trinajstić information content (AvgIpc) is 3.30. The molecule has 2 aliphatic heterocycles. The Kier molecular flexibility index (Phi) is 7.03. The van der Waals surface area contributed by atoms with Crippen LogP contribution in [0.25, 0.3) is 0 Å². The molecule has 1 atom stereocenters. The zero-order valence-electron chi connectivity index (χ0n) is 23.8. The lowest BCUT2D eigenvalue weighted by Gasteiger charge is -2.38. The number of para-hydroxylation sites is 2. The number of ketones is 1. The van der Waals surface area contributed by atoms with Crippen LogP contribution in [0.1, 0.15) is 62.7 Å². The molecule has 3 heterocycles. The van der Waals surface area contributed by atoms with E-state index >= 15 is 0 Å². The highest BCUT2D eigenvalue weighted by Crippen LogP contribution is 2.48. The summed E-state index contributed by atoms with van der Waals surface area (Å²) in [4.78, 5) is 31.8. The Bertz CT molecular complexity index is 1430. The number of Topliss-reactive ketones (excluding diaryl/α,β-unsaturated/α-hetero) is 1. The second-order valence-electron chi connectivity index (χ2n) is 12.5. The molecular weight excluding hydrogens is 498 g/mol. The summed E-state index contributed by atoms with van der Waals surface area (Å²) >= 11 is 0. The van der Waals surface area contributed by atoms with E-state index in [4.69, 9.17) is 4.42 Å². The quantitative estimate of drug-likeness (QED) is 0.393. The monoisotopic (exact) mass is 537 g/mol.